The van der Waals surface area contributed by atoms with Gasteiger partial charge in [0.1, 0.15) is 10.6 Å². The summed E-state index contributed by atoms with van der Waals surface area (Å²) < 4.78 is 64.8. The number of hydrogen-bond donors (Lipinski definition) is 1. The molecular formula is C12H15F4NOS. The molecule has 1 N–H and O–H groups in total. The predicted molar refractivity (Wildman–Crippen MR) is 66.1 cm³/mol. The summed E-state index contributed by atoms with van der Waals surface area (Å²) in [6, 6.07) is 3.04. The highest BCUT2D eigenvalue weighted by Gasteiger charge is 2.35. The van der Waals surface area contributed by atoms with Gasteiger partial charge in [-0.3, -0.25) is 0 Å². The Labute approximate surface area is 112 Å². The SMILES string of the molecule is CC(C)(C)[S+]([O-])NCc1cccc(C(F)(F)F)c1F. The highest BCUT2D eigenvalue weighted by Crippen LogP contribution is 2.32. The number of alkyl halides is 3. The molecule has 0 aliphatic rings. The molecule has 1 aromatic rings. The van der Waals surface area contributed by atoms with Gasteiger partial charge in [-0.25, -0.2) is 4.39 Å². The first-order valence-corrected chi connectivity index (χ1v) is 6.68. The van der Waals surface area contributed by atoms with Gasteiger partial charge in [0, 0.05) is 16.9 Å². The zero-order valence-corrected chi connectivity index (χ0v) is 11.6. The molecule has 0 saturated carbocycles. The normalized spacial score (nSPS) is 14.5. The standard InChI is InChI=1S/C12H15F4NOS/c1-11(2,3)19(18)17-7-8-5-4-6-9(10(8)13)12(14,15)16/h4-6,17H,7H2,1-3H3. The van der Waals surface area contributed by atoms with Crippen molar-refractivity contribution in [3.8, 4) is 0 Å². The van der Waals surface area contributed by atoms with Crippen LogP contribution < -0.4 is 4.72 Å². The molecule has 108 valence electrons. The average molecular weight is 297 g/mol. The third-order valence-corrected chi connectivity index (χ3v) is 3.85. The minimum absolute atomic E-state index is 0.160. The zero-order valence-electron chi connectivity index (χ0n) is 10.8. The van der Waals surface area contributed by atoms with E-state index in [9.17, 15) is 22.1 Å². The number of halogens is 4. The fourth-order valence-corrected chi connectivity index (χ4v) is 2.01. The molecule has 0 aliphatic carbocycles. The van der Waals surface area contributed by atoms with Crippen molar-refractivity contribution in [3.63, 3.8) is 0 Å². The molecule has 0 aliphatic heterocycles. The van der Waals surface area contributed by atoms with Gasteiger partial charge in [0.25, 0.3) is 0 Å². The van der Waals surface area contributed by atoms with E-state index in [0.29, 0.717) is 6.07 Å². The molecule has 2 nitrogen and oxygen atoms in total. The fourth-order valence-electron chi connectivity index (χ4n) is 1.30. The van der Waals surface area contributed by atoms with Crippen LogP contribution in [0.2, 0.25) is 0 Å². The highest BCUT2D eigenvalue weighted by atomic mass is 32.2. The first kappa shape index (κ1) is 16.3. The van der Waals surface area contributed by atoms with E-state index in [1.54, 1.807) is 20.8 Å². The number of benzene rings is 1. The van der Waals surface area contributed by atoms with Crippen molar-refractivity contribution in [2.75, 3.05) is 0 Å². The number of hydrogen-bond acceptors (Lipinski definition) is 2. The van der Waals surface area contributed by atoms with Gasteiger partial charge in [-0.05, 0) is 26.8 Å². The summed E-state index contributed by atoms with van der Waals surface area (Å²) in [7, 11) is 0. The van der Waals surface area contributed by atoms with Crippen LogP contribution in [-0.4, -0.2) is 9.30 Å². The lowest BCUT2D eigenvalue weighted by Gasteiger charge is -2.23. The van der Waals surface area contributed by atoms with Crippen LogP contribution in [-0.2, 0) is 24.1 Å². The first-order chi connectivity index (χ1) is 8.53. The van der Waals surface area contributed by atoms with Crippen molar-refractivity contribution in [2.24, 2.45) is 0 Å². The Kier molecular flexibility index (Phi) is 4.86. The number of nitrogens with one attached hydrogen (secondary N) is 1. The van der Waals surface area contributed by atoms with Crippen LogP contribution in [0.1, 0.15) is 31.9 Å². The maximum absolute atomic E-state index is 13.7. The summed E-state index contributed by atoms with van der Waals surface area (Å²) in [5.74, 6) is -1.33. The quantitative estimate of drug-likeness (QED) is 0.685. The Balaban J connectivity index is 2.87. The van der Waals surface area contributed by atoms with Crippen molar-refractivity contribution in [1.29, 1.82) is 0 Å². The lowest BCUT2D eigenvalue weighted by Crippen LogP contribution is -2.39. The topological polar surface area (TPSA) is 35.1 Å². The molecule has 0 aromatic heterocycles. The summed E-state index contributed by atoms with van der Waals surface area (Å²) in [5.41, 5.74) is -1.47. The Hall–Kier alpha value is -0.790. The summed E-state index contributed by atoms with van der Waals surface area (Å²) in [6.45, 7) is 4.90. The Bertz CT molecular complexity index is 442. The monoisotopic (exact) mass is 297 g/mol. The number of rotatable bonds is 3. The molecule has 7 heteroatoms. The van der Waals surface area contributed by atoms with Crippen LogP contribution in [0.5, 0.6) is 0 Å². The second kappa shape index (κ2) is 5.68. The first-order valence-electron chi connectivity index (χ1n) is 5.53. The molecule has 0 saturated heterocycles. The summed E-state index contributed by atoms with van der Waals surface area (Å²) in [5, 5.41) is 0. The Morgan fingerprint density at radius 2 is 1.79 bits per heavy atom. The van der Waals surface area contributed by atoms with E-state index in [-0.39, 0.29) is 12.1 Å². The minimum atomic E-state index is -4.73. The van der Waals surface area contributed by atoms with E-state index >= 15 is 0 Å². The molecule has 1 unspecified atom stereocenters. The van der Waals surface area contributed by atoms with Gasteiger partial charge in [0.05, 0.1) is 12.1 Å². The summed E-state index contributed by atoms with van der Waals surface area (Å²) >= 11 is -1.47. The van der Waals surface area contributed by atoms with Crippen LogP contribution >= 0.6 is 0 Å². The molecule has 0 radical (unpaired) electrons. The van der Waals surface area contributed by atoms with E-state index in [4.69, 9.17) is 0 Å². The average Bonchev–Trinajstić information content (AvgIpc) is 2.24. The molecule has 0 spiro atoms. The molecule has 0 bridgehead atoms. The van der Waals surface area contributed by atoms with Gasteiger partial charge in [0.15, 0.2) is 0 Å². The molecule has 19 heavy (non-hydrogen) atoms. The molecule has 0 heterocycles. The van der Waals surface area contributed by atoms with Crippen LogP contribution in [0, 0.1) is 5.82 Å². The van der Waals surface area contributed by atoms with Gasteiger partial charge < -0.3 is 4.55 Å². The van der Waals surface area contributed by atoms with E-state index in [1.807, 2.05) is 0 Å². The maximum atomic E-state index is 13.7. The lowest BCUT2D eigenvalue weighted by atomic mass is 10.1. The van der Waals surface area contributed by atoms with Crippen LogP contribution in [0.25, 0.3) is 0 Å². The highest BCUT2D eigenvalue weighted by molar-refractivity contribution is 7.90. The van der Waals surface area contributed by atoms with Crippen molar-refractivity contribution < 1.29 is 22.1 Å². The molecule has 1 aromatic carbocycles. The summed E-state index contributed by atoms with van der Waals surface area (Å²) in [4.78, 5) is 0. The van der Waals surface area contributed by atoms with Crippen LogP contribution in [0.4, 0.5) is 17.6 Å². The molecular weight excluding hydrogens is 282 g/mol. The third-order valence-electron chi connectivity index (χ3n) is 2.33. The van der Waals surface area contributed by atoms with Crippen LogP contribution in [0.3, 0.4) is 0 Å². The Morgan fingerprint density at radius 3 is 2.26 bits per heavy atom. The van der Waals surface area contributed by atoms with Crippen molar-refractivity contribution >= 4 is 11.4 Å². The second-order valence-corrected chi connectivity index (χ2v) is 7.03. The second-order valence-electron chi connectivity index (χ2n) is 4.98. The fraction of sp³-hybridized carbons (Fsp3) is 0.500. The van der Waals surface area contributed by atoms with E-state index in [2.05, 4.69) is 4.72 Å². The van der Waals surface area contributed by atoms with Crippen LogP contribution in [0.15, 0.2) is 18.2 Å². The predicted octanol–water partition coefficient (Wildman–Crippen LogP) is 3.40. The largest absolute Gasteiger partial charge is 0.598 e. The zero-order chi connectivity index (χ0) is 14.8. The van der Waals surface area contributed by atoms with E-state index in [0.717, 1.165) is 6.07 Å². The van der Waals surface area contributed by atoms with Crippen molar-refractivity contribution in [1.82, 2.24) is 4.72 Å². The third kappa shape index (κ3) is 4.36. The maximum Gasteiger partial charge on any atom is 0.419 e. The van der Waals surface area contributed by atoms with Gasteiger partial charge in [-0.2, -0.15) is 13.2 Å². The molecule has 1 rings (SSSR count). The van der Waals surface area contributed by atoms with Gasteiger partial charge >= 0.3 is 6.18 Å². The van der Waals surface area contributed by atoms with Gasteiger partial charge in [-0.15, -0.1) is 4.72 Å². The van der Waals surface area contributed by atoms with Crippen molar-refractivity contribution in [3.05, 3.63) is 35.1 Å². The molecule has 1 atom stereocenters. The van der Waals surface area contributed by atoms with Gasteiger partial charge in [0.2, 0.25) is 0 Å². The summed E-state index contributed by atoms with van der Waals surface area (Å²) in [6.07, 6.45) is -4.73. The molecule has 0 fully saturated rings. The van der Waals surface area contributed by atoms with E-state index < -0.39 is 33.7 Å². The smallest absolute Gasteiger partial charge is 0.419 e. The van der Waals surface area contributed by atoms with E-state index in [1.165, 1.54) is 6.07 Å². The van der Waals surface area contributed by atoms with Crippen molar-refractivity contribution in [2.45, 2.75) is 38.2 Å². The Morgan fingerprint density at radius 1 is 1.21 bits per heavy atom. The molecule has 0 amide bonds. The van der Waals surface area contributed by atoms with Gasteiger partial charge in [-0.1, -0.05) is 12.1 Å². The lowest BCUT2D eigenvalue weighted by molar-refractivity contribution is -0.140. The minimum Gasteiger partial charge on any atom is -0.598 e.